The van der Waals surface area contributed by atoms with E-state index >= 15 is 0 Å². The molecule has 0 saturated heterocycles. The lowest BCUT2D eigenvalue weighted by Crippen LogP contribution is -2.36. The first kappa shape index (κ1) is 13.5. The summed E-state index contributed by atoms with van der Waals surface area (Å²) in [5, 5.41) is 1.42. The van der Waals surface area contributed by atoms with E-state index in [0.29, 0.717) is 28.0 Å². The van der Waals surface area contributed by atoms with Crippen molar-refractivity contribution in [3.05, 3.63) is 71.8 Å². The van der Waals surface area contributed by atoms with Crippen molar-refractivity contribution in [3.63, 3.8) is 0 Å². The van der Waals surface area contributed by atoms with Crippen LogP contribution in [0.25, 0.3) is 10.8 Å². The fourth-order valence-corrected chi connectivity index (χ4v) is 2.89. The summed E-state index contributed by atoms with van der Waals surface area (Å²) in [5.41, 5.74) is 1.05. The Morgan fingerprint density at radius 1 is 0.783 bits per heavy atom. The zero-order valence-electron chi connectivity index (χ0n) is 12.4. The van der Waals surface area contributed by atoms with Crippen molar-refractivity contribution in [1.29, 1.82) is 0 Å². The Labute approximate surface area is 132 Å². The van der Waals surface area contributed by atoms with Gasteiger partial charge in [0.25, 0.3) is 11.8 Å². The molecule has 0 bridgehead atoms. The standard InChI is InChI=1S/C19H13NO3/c1-20-18(21)14-9-5-8-13-16(23-12-6-3-2-4-7-12)11-10-15(17(13)14)19(20)22/h2-11H,1H3. The van der Waals surface area contributed by atoms with Gasteiger partial charge in [0, 0.05) is 28.9 Å². The molecular formula is C19H13NO3. The highest BCUT2D eigenvalue weighted by Gasteiger charge is 2.30. The lowest BCUT2D eigenvalue weighted by atomic mass is 9.94. The van der Waals surface area contributed by atoms with E-state index in [9.17, 15) is 9.59 Å². The van der Waals surface area contributed by atoms with E-state index in [1.54, 1.807) is 24.3 Å². The number of carbonyl (C=O) groups excluding carboxylic acids is 2. The van der Waals surface area contributed by atoms with Gasteiger partial charge in [0.1, 0.15) is 11.5 Å². The van der Waals surface area contributed by atoms with Gasteiger partial charge in [0.15, 0.2) is 0 Å². The lowest BCUT2D eigenvalue weighted by Gasteiger charge is -2.24. The molecule has 1 heterocycles. The van der Waals surface area contributed by atoms with Crippen molar-refractivity contribution in [2.24, 2.45) is 0 Å². The Kier molecular flexibility index (Phi) is 2.91. The molecule has 0 N–H and O–H groups in total. The molecular weight excluding hydrogens is 290 g/mol. The monoisotopic (exact) mass is 303 g/mol. The van der Waals surface area contributed by atoms with E-state index in [1.165, 1.54) is 7.05 Å². The topological polar surface area (TPSA) is 46.6 Å². The number of carbonyl (C=O) groups is 2. The van der Waals surface area contributed by atoms with Gasteiger partial charge in [-0.05, 0) is 30.3 Å². The lowest BCUT2D eigenvalue weighted by molar-refractivity contribution is 0.0650. The van der Waals surface area contributed by atoms with Gasteiger partial charge in [-0.1, -0.05) is 30.3 Å². The van der Waals surface area contributed by atoms with Crippen LogP contribution in [0.5, 0.6) is 11.5 Å². The molecule has 0 spiro atoms. The van der Waals surface area contributed by atoms with E-state index < -0.39 is 0 Å². The van der Waals surface area contributed by atoms with Gasteiger partial charge in [-0.2, -0.15) is 0 Å². The molecule has 23 heavy (non-hydrogen) atoms. The summed E-state index contributed by atoms with van der Waals surface area (Å²) in [4.78, 5) is 25.8. The van der Waals surface area contributed by atoms with Crippen LogP contribution in [-0.2, 0) is 0 Å². The fraction of sp³-hybridized carbons (Fsp3) is 0.0526. The number of imide groups is 1. The molecule has 0 aromatic heterocycles. The first-order chi connectivity index (χ1) is 11.2. The largest absolute Gasteiger partial charge is 0.457 e. The third-order valence-electron chi connectivity index (χ3n) is 4.04. The van der Waals surface area contributed by atoms with Crippen LogP contribution in [0.4, 0.5) is 0 Å². The van der Waals surface area contributed by atoms with E-state index in [-0.39, 0.29) is 11.8 Å². The smallest absolute Gasteiger partial charge is 0.261 e. The minimum atomic E-state index is -0.287. The predicted molar refractivity (Wildman–Crippen MR) is 86.9 cm³/mol. The van der Waals surface area contributed by atoms with Crippen molar-refractivity contribution in [2.75, 3.05) is 7.05 Å². The molecule has 2 amide bonds. The molecule has 0 saturated carbocycles. The molecule has 0 fully saturated rings. The molecule has 4 nitrogen and oxygen atoms in total. The SMILES string of the molecule is CN1C(=O)c2cccc3c(Oc4ccccc4)ccc(c23)C1=O. The number of para-hydroxylation sites is 1. The molecule has 3 aromatic carbocycles. The highest BCUT2D eigenvalue weighted by Crippen LogP contribution is 2.36. The summed E-state index contributed by atoms with van der Waals surface area (Å²) in [6.07, 6.45) is 0. The third kappa shape index (κ3) is 1.99. The summed E-state index contributed by atoms with van der Waals surface area (Å²) in [7, 11) is 1.50. The number of benzene rings is 3. The summed E-state index contributed by atoms with van der Waals surface area (Å²) in [6, 6.07) is 18.3. The van der Waals surface area contributed by atoms with Crippen LogP contribution in [0.2, 0.25) is 0 Å². The van der Waals surface area contributed by atoms with Crippen molar-refractivity contribution >= 4 is 22.6 Å². The molecule has 0 radical (unpaired) electrons. The molecule has 4 rings (SSSR count). The second kappa shape index (κ2) is 4.95. The van der Waals surface area contributed by atoms with Crippen LogP contribution >= 0.6 is 0 Å². The Hall–Kier alpha value is -3.14. The van der Waals surface area contributed by atoms with E-state index in [4.69, 9.17) is 4.74 Å². The third-order valence-corrected chi connectivity index (χ3v) is 4.04. The maximum atomic E-state index is 12.3. The number of hydrogen-bond donors (Lipinski definition) is 0. The van der Waals surface area contributed by atoms with E-state index in [1.807, 2.05) is 36.4 Å². The Morgan fingerprint density at radius 2 is 1.48 bits per heavy atom. The highest BCUT2D eigenvalue weighted by molar-refractivity contribution is 6.25. The van der Waals surface area contributed by atoms with Gasteiger partial charge < -0.3 is 4.74 Å². The quantitative estimate of drug-likeness (QED) is 0.675. The summed E-state index contributed by atoms with van der Waals surface area (Å²) < 4.78 is 5.93. The maximum Gasteiger partial charge on any atom is 0.261 e. The fourth-order valence-electron chi connectivity index (χ4n) is 2.89. The second-order valence-corrected chi connectivity index (χ2v) is 5.42. The van der Waals surface area contributed by atoms with Crippen LogP contribution < -0.4 is 4.74 Å². The van der Waals surface area contributed by atoms with Crippen LogP contribution in [0, 0.1) is 0 Å². The number of nitrogens with zero attached hydrogens (tertiary/aromatic N) is 1. The molecule has 0 unspecified atom stereocenters. The summed E-state index contributed by atoms with van der Waals surface area (Å²) >= 11 is 0. The Balaban J connectivity index is 1.95. The minimum Gasteiger partial charge on any atom is -0.457 e. The normalized spacial score (nSPS) is 13.5. The second-order valence-electron chi connectivity index (χ2n) is 5.42. The van der Waals surface area contributed by atoms with Gasteiger partial charge in [0.2, 0.25) is 0 Å². The zero-order chi connectivity index (χ0) is 16.0. The Morgan fingerprint density at radius 3 is 2.22 bits per heavy atom. The van der Waals surface area contributed by atoms with Crippen molar-refractivity contribution < 1.29 is 14.3 Å². The van der Waals surface area contributed by atoms with Crippen molar-refractivity contribution in [3.8, 4) is 11.5 Å². The first-order valence-corrected chi connectivity index (χ1v) is 7.28. The number of rotatable bonds is 2. The van der Waals surface area contributed by atoms with Crippen molar-refractivity contribution in [1.82, 2.24) is 4.90 Å². The summed E-state index contributed by atoms with van der Waals surface area (Å²) in [5.74, 6) is 0.760. The summed E-state index contributed by atoms with van der Waals surface area (Å²) in [6.45, 7) is 0. The average molecular weight is 303 g/mol. The van der Waals surface area contributed by atoms with E-state index in [2.05, 4.69) is 0 Å². The molecule has 4 heteroatoms. The molecule has 1 aliphatic heterocycles. The average Bonchev–Trinajstić information content (AvgIpc) is 2.59. The van der Waals surface area contributed by atoms with Crippen LogP contribution in [0.3, 0.4) is 0 Å². The minimum absolute atomic E-state index is 0.287. The molecule has 0 atom stereocenters. The number of hydrogen-bond acceptors (Lipinski definition) is 3. The highest BCUT2D eigenvalue weighted by atomic mass is 16.5. The first-order valence-electron chi connectivity index (χ1n) is 7.28. The van der Waals surface area contributed by atoms with Crippen LogP contribution in [-0.4, -0.2) is 23.8 Å². The van der Waals surface area contributed by atoms with Gasteiger partial charge in [0.05, 0.1) is 0 Å². The number of amides is 2. The van der Waals surface area contributed by atoms with Gasteiger partial charge in [-0.3, -0.25) is 14.5 Å². The number of ether oxygens (including phenoxy) is 1. The Bertz CT molecular complexity index is 925. The zero-order valence-corrected chi connectivity index (χ0v) is 12.4. The van der Waals surface area contributed by atoms with E-state index in [0.717, 1.165) is 10.3 Å². The predicted octanol–water partition coefficient (Wildman–Crippen LogP) is 3.86. The van der Waals surface area contributed by atoms with Crippen LogP contribution in [0.15, 0.2) is 60.7 Å². The van der Waals surface area contributed by atoms with Gasteiger partial charge >= 0.3 is 0 Å². The molecule has 112 valence electrons. The van der Waals surface area contributed by atoms with Gasteiger partial charge in [-0.15, -0.1) is 0 Å². The maximum absolute atomic E-state index is 12.3. The molecule has 0 aliphatic carbocycles. The molecule has 1 aliphatic rings. The van der Waals surface area contributed by atoms with Crippen molar-refractivity contribution in [2.45, 2.75) is 0 Å². The molecule has 3 aromatic rings. The van der Waals surface area contributed by atoms with Gasteiger partial charge in [-0.25, -0.2) is 0 Å². The van der Waals surface area contributed by atoms with Crippen LogP contribution in [0.1, 0.15) is 20.7 Å².